The molecule has 19 heavy (non-hydrogen) atoms. The number of hydrogen-bond acceptors (Lipinski definition) is 3. The molecule has 0 radical (unpaired) electrons. The Balaban J connectivity index is 2.03. The summed E-state index contributed by atoms with van der Waals surface area (Å²) >= 11 is 3.64. The van der Waals surface area contributed by atoms with Gasteiger partial charge in [0.05, 0.1) is 11.8 Å². The number of hydrogen-bond donors (Lipinski definition) is 1. The summed E-state index contributed by atoms with van der Waals surface area (Å²) in [6.45, 7) is 3.85. The maximum absolute atomic E-state index is 5.90. The summed E-state index contributed by atoms with van der Waals surface area (Å²) in [6, 6.07) is 6.41. The predicted octanol–water partition coefficient (Wildman–Crippen LogP) is 3.47. The van der Waals surface area contributed by atoms with E-state index in [0.29, 0.717) is 6.10 Å². The van der Waals surface area contributed by atoms with Crippen molar-refractivity contribution in [2.75, 3.05) is 25.1 Å². The molecule has 1 saturated heterocycles. The van der Waals surface area contributed by atoms with Gasteiger partial charge in [0.15, 0.2) is 0 Å². The van der Waals surface area contributed by atoms with E-state index in [2.05, 4.69) is 46.1 Å². The van der Waals surface area contributed by atoms with Gasteiger partial charge in [-0.1, -0.05) is 6.07 Å². The summed E-state index contributed by atoms with van der Waals surface area (Å²) in [4.78, 5) is 2.25. The van der Waals surface area contributed by atoms with Gasteiger partial charge in [-0.05, 0) is 59.8 Å². The van der Waals surface area contributed by atoms with E-state index in [4.69, 9.17) is 10.5 Å². The fourth-order valence-corrected chi connectivity index (χ4v) is 3.17. The van der Waals surface area contributed by atoms with Crippen LogP contribution in [0.2, 0.25) is 0 Å². The lowest BCUT2D eigenvalue weighted by atomic mass is 10.1. The maximum Gasteiger partial charge on any atom is 0.0749 e. The van der Waals surface area contributed by atoms with Gasteiger partial charge in [-0.25, -0.2) is 0 Å². The zero-order valence-electron chi connectivity index (χ0n) is 11.7. The number of rotatable bonds is 4. The van der Waals surface area contributed by atoms with Gasteiger partial charge >= 0.3 is 0 Å². The van der Waals surface area contributed by atoms with Crippen LogP contribution in [0.1, 0.15) is 37.8 Å². The molecule has 3 nitrogen and oxygen atoms in total. The molecule has 2 rings (SSSR count). The normalized spacial score (nSPS) is 21.2. The zero-order chi connectivity index (χ0) is 13.8. The van der Waals surface area contributed by atoms with Crippen LogP contribution in [-0.2, 0) is 4.74 Å². The Morgan fingerprint density at radius 3 is 2.84 bits per heavy atom. The van der Waals surface area contributed by atoms with Crippen molar-refractivity contribution in [3.8, 4) is 0 Å². The number of likely N-dealkylation sites (N-methyl/N-ethyl adjacent to an activating group) is 1. The van der Waals surface area contributed by atoms with Crippen molar-refractivity contribution in [3.05, 3.63) is 28.2 Å². The van der Waals surface area contributed by atoms with E-state index in [9.17, 15) is 0 Å². The summed E-state index contributed by atoms with van der Waals surface area (Å²) in [6.07, 6.45) is 4.01. The largest absolute Gasteiger partial charge is 0.376 e. The lowest BCUT2D eigenvalue weighted by molar-refractivity contribution is 0.0216. The van der Waals surface area contributed by atoms with Gasteiger partial charge < -0.3 is 15.4 Å². The van der Waals surface area contributed by atoms with Crippen LogP contribution in [0.15, 0.2) is 22.7 Å². The summed E-state index contributed by atoms with van der Waals surface area (Å²) in [7, 11) is 2.11. The molecule has 106 valence electrons. The third kappa shape index (κ3) is 3.94. The highest BCUT2D eigenvalue weighted by molar-refractivity contribution is 9.10. The molecule has 2 N–H and O–H groups in total. The van der Waals surface area contributed by atoms with Gasteiger partial charge in [-0.15, -0.1) is 0 Å². The smallest absolute Gasteiger partial charge is 0.0749 e. The number of ether oxygens (including phenoxy) is 1. The Kier molecular flexibility index (Phi) is 5.25. The highest BCUT2D eigenvalue weighted by atomic mass is 79.9. The third-order valence-corrected chi connectivity index (χ3v) is 4.30. The van der Waals surface area contributed by atoms with Crippen molar-refractivity contribution in [3.63, 3.8) is 0 Å². The van der Waals surface area contributed by atoms with E-state index in [0.717, 1.165) is 23.2 Å². The van der Waals surface area contributed by atoms with Crippen molar-refractivity contribution < 1.29 is 4.74 Å². The Morgan fingerprint density at radius 2 is 2.26 bits per heavy atom. The fraction of sp³-hybridized carbons (Fsp3) is 0.600. The van der Waals surface area contributed by atoms with E-state index in [1.807, 2.05) is 6.92 Å². The molecule has 0 aliphatic carbocycles. The maximum atomic E-state index is 5.90. The molecule has 1 aromatic rings. The van der Waals surface area contributed by atoms with Crippen LogP contribution in [0, 0.1) is 0 Å². The Hall–Kier alpha value is -0.580. The highest BCUT2D eigenvalue weighted by Crippen LogP contribution is 2.29. The number of anilines is 1. The van der Waals surface area contributed by atoms with Crippen molar-refractivity contribution >= 4 is 21.6 Å². The Bertz CT molecular complexity index is 417. The first kappa shape index (κ1) is 14.8. The molecule has 4 heteroatoms. The molecule has 0 aromatic heterocycles. The van der Waals surface area contributed by atoms with E-state index < -0.39 is 0 Å². The molecule has 0 amide bonds. The summed E-state index contributed by atoms with van der Waals surface area (Å²) < 4.78 is 6.89. The summed E-state index contributed by atoms with van der Waals surface area (Å²) in [5, 5.41) is 0. The average molecular weight is 327 g/mol. The van der Waals surface area contributed by atoms with Gasteiger partial charge in [-0.3, -0.25) is 0 Å². The minimum atomic E-state index is 0.0670. The number of nitrogens with zero attached hydrogens (tertiary/aromatic N) is 1. The molecular weight excluding hydrogens is 304 g/mol. The fourth-order valence-electron chi connectivity index (χ4n) is 2.47. The molecule has 2 atom stereocenters. The SMILES string of the molecule is C[C@@H](N)c1ccc(N(C)CC2CCCCO2)c(Br)c1. The van der Waals surface area contributed by atoms with Gasteiger partial charge in [-0.2, -0.15) is 0 Å². The van der Waals surface area contributed by atoms with Crippen LogP contribution in [0.3, 0.4) is 0 Å². The van der Waals surface area contributed by atoms with E-state index in [1.165, 1.54) is 24.9 Å². The number of nitrogens with two attached hydrogens (primary N) is 1. The van der Waals surface area contributed by atoms with Crippen molar-refractivity contribution in [1.29, 1.82) is 0 Å². The molecule has 1 heterocycles. The second kappa shape index (κ2) is 6.73. The van der Waals surface area contributed by atoms with Crippen molar-refractivity contribution in [2.24, 2.45) is 5.73 Å². The Morgan fingerprint density at radius 1 is 1.47 bits per heavy atom. The second-order valence-electron chi connectivity index (χ2n) is 5.37. The predicted molar refractivity (Wildman–Crippen MR) is 83.6 cm³/mol. The first-order chi connectivity index (χ1) is 9.08. The van der Waals surface area contributed by atoms with Crippen molar-refractivity contribution in [2.45, 2.75) is 38.3 Å². The molecule has 0 saturated carbocycles. The summed E-state index contributed by atoms with van der Waals surface area (Å²) in [5.74, 6) is 0. The quantitative estimate of drug-likeness (QED) is 0.920. The Labute approximate surface area is 124 Å². The van der Waals surface area contributed by atoms with E-state index in [-0.39, 0.29) is 6.04 Å². The molecule has 1 fully saturated rings. The molecule has 0 bridgehead atoms. The van der Waals surface area contributed by atoms with Gasteiger partial charge in [0.1, 0.15) is 0 Å². The highest BCUT2D eigenvalue weighted by Gasteiger charge is 2.17. The number of halogens is 1. The van der Waals surface area contributed by atoms with Crippen LogP contribution in [-0.4, -0.2) is 26.3 Å². The molecule has 1 aliphatic rings. The molecule has 0 spiro atoms. The van der Waals surface area contributed by atoms with Crippen LogP contribution >= 0.6 is 15.9 Å². The first-order valence-corrected chi connectivity index (χ1v) is 7.75. The van der Waals surface area contributed by atoms with E-state index >= 15 is 0 Å². The van der Waals surface area contributed by atoms with Gasteiger partial charge in [0.2, 0.25) is 0 Å². The number of benzene rings is 1. The lowest BCUT2D eigenvalue weighted by Gasteiger charge is -2.29. The van der Waals surface area contributed by atoms with Crippen LogP contribution in [0.4, 0.5) is 5.69 Å². The van der Waals surface area contributed by atoms with Gasteiger partial charge in [0.25, 0.3) is 0 Å². The topological polar surface area (TPSA) is 38.5 Å². The van der Waals surface area contributed by atoms with Crippen LogP contribution in [0.25, 0.3) is 0 Å². The monoisotopic (exact) mass is 326 g/mol. The minimum absolute atomic E-state index is 0.0670. The van der Waals surface area contributed by atoms with Crippen LogP contribution in [0.5, 0.6) is 0 Å². The van der Waals surface area contributed by atoms with E-state index in [1.54, 1.807) is 0 Å². The van der Waals surface area contributed by atoms with Gasteiger partial charge in [0, 0.05) is 30.7 Å². The van der Waals surface area contributed by atoms with Crippen molar-refractivity contribution in [1.82, 2.24) is 0 Å². The zero-order valence-corrected chi connectivity index (χ0v) is 13.3. The van der Waals surface area contributed by atoms with Crippen LogP contribution < -0.4 is 10.6 Å². The molecule has 1 aromatic carbocycles. The second-order valence-corrected chi connectivity index (χ2v) is 6.22. The minimum Gasteiger partial charge on any atom is -0.376 e. The molecule has 1 unspecified atom stereocenters. The summed E-state index contributed by atoms with van der Waals surface area (Å²) in [5.41, 5.74) is 8.25. The molecule has 1 aliphatic heterocycles. The third-order valence-electron chi connectivity index (χ3n) is 3.66. The first-order valence-electron chi connectivity index (χ1n) is 6.95. The molecular formula is C15H23BrN2O. The lowest BCUT2D eigenvalue weighted by Crippen LogP contribution is -2.33. The standard InChI is InChI=1S/C15H23BrN2O/c1-11(17)12-6-7-15(14(16)9-12)18(2)10-13-5-3-4-8-19-13/h6-7,9,11,13H,3-5,8,10,17H2,1-2H3/t11-,13?/m1/s1. The average Bonchev–Trinajstić information content (AvgIpc) is 2.39.